The van der Waals surface area contributed by atoms with Crippen LogP contribution in [0.1, 0.15) is 48.8 Å². The van der Waals surface area contributed by atoms with E-state index >= 15 is 0 Å². The molecule has 2 aromatic carbocycles. The molecule has 0 aliphatic carbocycles. The second kappa shape index (κ2) is 9.96. The molecule has 1 aromatic heterocycles. The van der Waals surface area contributed by atoms with Crippen molar-refractivity contribution in [3.8, 4) is 0 Å². The van der Waals surface area contributed by atoms with Crippen LogP contribution in [0.3, 0.4) is 0 Å². The molecule has 0 aliphatic heterocycles. The number of rotatable bonds is 7. The van der Waals surface area contributed by atoms with Gasteiger partial charge in [0.2, 0.25) is 5.91 Å². The lowest BCUT2D eigenvalue weighted by Crippen LogP contribution is -2.28. The number of benzene rings is 2. The average Bonchev–Trinajstić information content (AvgIpc) is 3.11. The first kappa shape index (κ1) is 23.5. The minimum atomic E-state index is -0.521. The van der Waals surface area contributed by atoms with Gasteiger partial charge >= 0.3 is 0 Å². The molecule has 3 aromatic rings. The van der Waals surface area contributed by atoms with Crippen LogP contribution >= 0.6 is 11.6 Å². The number of halogens is 2. The van der Waals surface area contributed by atoms with Crippen molar-refractivity contribution in [1.82, 2.24) is 15.1 Å². The molecule has 32 heavy (non-hydrogen) atoms. The molecule has 0 radical (unpaired) electrons. The molecule has 0 aliphatic rings. The highest BCUT2D eigenvalue weighted by atomic mass is 35.5. The summed E-state index contributed by atoms with van der Waals surface area (Å²) in [7, 11) is 0. The molecule has 0 atom stereocenters. The Morgan fingerprint density at radius 2 is 1.81 bits per heavy atom. The third-order valence-corrected chi connectivity index (χ3v) is 5.12. The van der Waals surface area contributed by atoms with E-state index in [4.69, 9.17) is 11.6 Å². The Morgan fingerprint density at radius 3 is 2.47 bits per heavy atom. The maximum Gasteiger partial charge on any atom is 0.252 e. The number of carbonyl (C=O) groups excluding carboxylic acids is 2. The standard InChI is InChI=1S/C24H26ClFN4O2/c1-24(2,3)20-14-21(30(29-20)15-16-7-5-4-6-8-16)28-22(31)11-12-27-23(32)18-10-9-17(26)13-19(18)25/h4-10,13-14H,11-12,15H2,1-3H3,(H,27,32)(H,28,31). The zero-order valence-electron chi connectivity index (χ0n) is 18.3. The number of amides is 2. The fourth-order valence-electron chi connectivity index (χ4n) is 3.02. The van der Waals surface area contributed by atoms with Crippen molar-refractivity contribution in [2.45, 2.75) is 39.2 Å². The Bertz CT molecular complexity index is 1110. The Kier molecular flexibility index (Phi) is 7.30. The van der Waals surface area contributed by atoms with E-state index < -0.39 is 11.7 Å². The Labute approximate surface area is 191 Å². The van der Waals surface area contributed by atoms with Gasteiger partial charge in [-0.05, 0) is 23.8 Å². The van der Waals surface area contributed by atoms with Crippen molar-refractivity contribution in [3.05, 3.63) is 82.3 Å². The van der Waals surface area contributed by atoms with E-state index in [0.29, 0.717) is 12.4 Å². The van der Waals surface area contributed by atoms with E-state index in [0.717, 1.165) is 23.4 Å². The van der Waals surface area contributed by atoms with Gasteiger partial charge in [-0.25, -0.2) is 9.07 Å². The van der Waals surface area contributed by atoms with Gasteiger partial charge in [0.15, 0.2) is 0 Å². The lowest BCUT2D eigenvalue weighted by Gasteiger charge is -2.14. The molecule has 0 saturated heterocycles. The van der Waals surface area contributed by atoms with Crippen LogP contribution in [0.15, 0.2) is 54.6 Å². The third-order valence-electron chi connectivity index (χ3n) is 4.80. The first-order valence-corrected chi connectivity index (χ1v) is 10.7. The largest absolute Gasteiger partial charge is 0.351 e. The van der Waals surface area contributed by atoms with Gasteiger partial charge in [-0.1, -0.05) is 62.7 Å². The van der Waals surface area contributed by atoms with Crippen LogP contribution in [0.4, 0.5) is 10.2 Å². The summed E-state index contributed by atoms with van der Waals surface area (Å²) in [5.41, 5.74) is 1.91. The average molecular weight is 457 g/mol. The molecule has 0 saturated carbocycles. The Morgan fingerprint density at radius 1 is 1.09 bits per heavy atom. The van der Waals surface area contributed by atoms with E-state index in [2.05, 4.69) is 36.5 Å². The number of carbonyl (C=O) groups is 2. The van der Waals surface area contributed by atoms with Crippen LogP contribution < -0.4 is 10.6 Å². The number of nitrogens with zero attached hydrogens (tertiary/aromatic N) is 2. The van der Waals surface area contributed by atoms with Crippen molar-refractivity contribution in [3.63, 3.8) is 0 Å². The molecule has 0 bridgehead atoms. The highest BCUT2D eigenvalue weighted by Gasteiger charge is 2.21. The number of anilines is 1. The first-order valence-electron chi connectivity index (χ1n) is 10.3. The normalized spacial score (nSPS) is 11.3. The van der Waals surface area contributed by atoms with E-state index in [9.17, 15) is 14.0 Å². The maximum absolute atomic E-state index is 13.1. The third kappa shape index (κ3) is 6.17. The fraction of sp³-hybridized carbons (Fsp3) is 0.292. The van der Waals surface area contributed by atoms with Crippen LogP contribution in [-0.4, -0.2) is 28.1 Å². The molecule has 8 heteroatoms. The molecule has 168 valence electrons. The predicted molar refractivity (Wildman–Crippen MR) is 123 cm³/mol. The van der Waals surface area contributed by atoms with Crippen molar-refractivity contribution < 1.29 is 14.0 Å². The predicted octanol–water partition coefficient (Wildman–Crippen LogP) is 4.78. The van der Waals surface area contributed by atoms with E-state index in [1.54, 1.807) is 4.68 Å². The number of hydrogen-bond acceptors (Lipinski definition) is 3. The molecule has 1 heterocycles. The van der Waals surface area contributed by atoms with E-state index in [-0.39, 0.29) is 34.9 Å². The molecule has 2 N–H and O–H groups in total. The molecule has 2 amide bonds. The van der Waals surface area contributed by atoms with Gasteiger partial charge in [0.1, 0.15) is 11.6 Å². The summed E-state index contributed by atoms with van der Waals surface area (Å²) < 4.78 is 14.9. The monoisotopic (exact) mass is 456 g/mol. The molecule has 0 fully saturated rings. The van der Waals surface area contributed by atoms with Gasteiger partial charge in [0, 0.05) is 24.4 Å². The summed E-state index contributed by atoms with van der Waals surface area (Å²) in [6.07, 6.45) is 0.0614. The number of aromatic nitrogens is 2. The van der Waals surface area contributed by atoms with E-state index in [1.807, 2.05) is 36.4 Å². The molecular weight excluding hydrogens is 431 g/mol. The number of hydrogen-bond donors (Lipinski definition) is 2. The fourth-order valence-corrected chi connectivity index (χ4v) is 3.28. The minimum absolute atomic E-state index is 0.0199. The second-order valence-corrected chi connectivity index (χ2v) is 8.89. The first-order chi connectivity index (χ1) is 15.1. The summed E-state index contributed by atoms with van der Waals surface area (Å²) in [5, 5.41) is 10.2. The van der Waals surface area contributed by atoms with Gasteiger partial charge in [0.05, 0.1) is 22.8 Å². The topological polar surface area (TPSA) is 76.0 Å². The Hall–Kier alpha value is -3.19. The molecule has 0 unspecified atom stereocenters. The minimum Gasteiger partial charge on any atom is -0.351 e. The molecule has 3 rings (SSSR count). The van der Waals surface area contributed by atoms with Gasteiger partial charge in [-0.3, -0.25) is 9.59 Å². The summed E-state index contributed by atoms with van der Waals surface area (Å²) in [6.45, 7) is 6.81. The lowest BCUT2D eigenvalue weighted by atomic mass is 9.92. The summed E-state index contributed by atoms with van der Waals surface area (Å²) >= 11 is 5.91. The highest BCUT2D eigenvalue weighted by Crippen LogP contribution is 2.25. The van der Waals surface area contributed by atoms with Gasteiger partial charge in [-0.2, -0.15) is 5.10 Å². The Balaban J connectivity index is 1.63. The maximum atomic E-state index is 13.1. The second-order valence-electron chi connectivity index (χ2n) is 8.49. The zero-order valence-corrected chi connectivity index (χ0v) is 19.0. The summed E-state index contributed by atoms with van der Waals surface area (Å²) in [6, 6.07) is 15.3. The van der Waals surface area contributed by atoms with Crippen LogP contribution in [0.2, 0.25) is 5.02 Å². The molecule has 0 spiro atoms. The van der Waals surface area contributed by atoms with Gasteiger partial charge < -0.3 is 10.6 Å². The molecule has 6 nitrogen and oxygen atoms in total. The van der Waals surface area contributed by atoms with Gasteiger partial charge in [0.25, 0.3) is 5.91 Å². The van der Waals surface area contributed by atoms with Crippen molar-refractivity contribution in [2.24, 2.45) is 0 Å². The van der Waals surface area contributed by atoms with Crippen LogP contribution in [0, 0.1) is 5.82 Å². The number of nitrogens with one attached hydrogen (secondary N) is 2. The van der Waals surface area contributed by atoms with Crippen molar-refractivity contribution in [2.75, 3.05) is 11.9 Å². The SMILES string of the molecule is CC(C)(C)c1cc(NC(=O)CCNC(=O)c2ccc(F)cc2Cl)n(Cc2ccccc2)n1. The lowest BCUT2D eigenvalue weighted by molar-refractivity contribution is -0.116. The van der Waals surface area contributed by atoms with Crippen LogP contribution in [0.25, 0.3) is 0 Å². The highest BCUT2D eigenvalue weighted by molar-refractivity contribution is 6.33. The van der Waals surface area contributed by atoms with Crippen LogP contribution in [0.5, 0.6) is 0 Å². The molecular formula is C24H26ClFN4O2. The quantitative estimate of drug-likeness (QED) is 0.537. The van der Waals surface area contributed by atoms with Gasteiger partial charge in [-0.15, -0.1) is 0 Å². The summed E-state index contributed by atoms with van der Waals surface area (Å²) in [4.78, 5) is 24.8. The van der Waals surface area contributed by atoms with E-state index in [1.165, 1.54) is 6.07 Å². The summed E-state index contributed by atoms with van der Waals surface area (Å²) in [5.74, 6) is -0.651. The van der Waals surface area contributed by atoms with Crippen LogP contribution in [-0.2, 0) is 16.8 Å². The smallest absolute Gasteiger partial charge is 0.252 e. The van der Waals surface area contributed by atoms with Crippen molar-refractivity contribution >= 4 is 29.2 Å². The zero-order chi connectivity index (χ0) is 23.3. The van der Waals surface area contributed by atoms with Crippen molar-refractivity contribution in [1.29, 1.82) is 0 Å².